The monoisotopic (exact) mass is 793 g/mol. The Balaban J connectivity index is 4.23. The van der Waals surface area contributed by atoms with Crippen LogP contribution in [0.3, 0.4) is 0 Å². The van der Waals surface area contributed by atoms with Crippen LogP contribution in [0.2, 0.25) is 0 Å². The molecular formula is C50H96O6. The maximum absolute atomic E-state index is 12.7. The van der Waals surface area contributed by atoms with E-state index in [4.69, 9.17) is 14.2 Å². The second-order valence-electron chi connectivity index (χ2n) is 18.1. The second-order valence-corrected chi connectivity index (χ2v) is 18.1. The van der Waals surface area contributed by atoms with E-state index in [0.717, 1.165) is 69.6 Å². The van der Waals surface area contributed by atoms with Crippen LogP contribution in [0.5, 0.6) is 0 Å². The van der Waals surface area contributed by atoms with Crippen LogP contribution in [0.25, 0.3) is 0 Å². The van der Waals surface area contributed by atoms with Crippen LogP contribution in [-0.2, 0) is 28.6 Å². The molecule has 0 amide bonds. The van der Waals surface area contributed by atoms with Gasteiger partial charge in [0.1, 0.15) is 13.2 Å². The highest BCUT2D eigenvalue weighted by molar-refractivity contribution is 5.71. The van der Waals surface area contributed by atoms with Crippen molar-refractivity contribution in [2.45, 2.75) is 278 Å². The van der Waals surface area contributed by atoms with Crippen molar-refractivity contribution in [1.29, 1.82) is 0 Å². The van der Waals surface area contributed by atoms with Crippen LogP contribution in [0.15, 0.2) is 0 Å². The number of hydrogen-bond donors (Lipinski definition) is 0. The van der Waals surface area contributed by atoms with Crippen LogP contribution < -0.4 is 0 Å². The van der Waals surface area contributed by atoms with Crippen LogP contribution in [0, 0.1) is 11.8 Å². The molecule has 0 heterocycles. The summed E-state index contributed by atoms with van der Waals surface area (Å²) in [5.74, 6) is 0.787. The van der Waals surface area contributed by atoms with E-state index in [1.807, 2.05) is 0 Å². The average Bonchev–Trinajstić information content (AvgIpc) is 3.16. The minimum Gasteiger partial charge on any atom is -0.462 e. The zero-order valence-corrected chi connectivity index (χ0v) is 38.3. The smallest absolute Gasteiger partial charge is 0.306 e. The lowest BCUT2D eigenvalue weighted by Gasteiger charge is -2.18. The molecule has 0 aromatic rings. The van der Waals surface area contributed by atoms with Crippen molar-refractivity contribution in [1.82, 2.24) is 0 Å². The van der Waals surface area contributed by atoms with Crippen LogP contribution >= 0.6 is 0 Å². The lowest BCUT2D eigenvalue weighted by Crippen LogP contribution is -2.30. The molecule has 1 atom stereocenters. The Bertz CT molecular complexity index is 854. The summed E-state index contributed by atoms with van der Waals surface area (Å²) in [6, 6.07) is 0. The van der Waals surface area contributed by atoms with E-state index in [1.54, 1.807) is 0 Å². The summed E-state index contributed by atoms with van der Waals surface area (Å²) in [5.41, 5.74) is 0. The zero-order chi connectivity index (χ0) is 41.2. The summed E-state index contributed by atoms with van der Waals surface area (Å²) in [7, 11) is 0. The standard InChI is InChI=1S/C50H96O6/c1-6-7-8-9-10-18-25-30-35-40-48(51)54-43-47(56-50(53)42-37-32-27-22-21-24-29-34-39-46(4)5)44-55-49(52)41-36-31-26-20-17-15-13-11-12-14-16-19-23-28-33-38-45(2)3/h45-47H,6-44H2,1-5H3/t47-/m1/s1. The minimum atomic E-state index is -0.760. The average molecular weight is 793 g/mol. The largest absolute Gasteiger partial charge is 0.462 e. The highest BCUT2D eigenvalue weighted by Gasteiger charge is 2.19. The molecule has 0 aromatic heterocycles. The Morgan fingerprint density at radius 3 is 0.875 bits per heavy atom. The van der Waals surface area contributed by atoms with E-state index >= 15 is 0 Å². The van der Waals surface area contributed by atoms with Gasteiger partial charge in [0, 0.05) is 19.3 Å². The van der Waals surface area contributed by atoms with Crippen molar-refractivity contribution in [2.75, 3.05) is 13.2 Å². The molecule has 0 rings (SSSR count). The van der Waals surface area contributed by atoms with E-state index in [-0.39, 0.29) is 31.1 Å². The highest BCUT2D eigenvalue weighted by atomic mass is 16.6. The van der Waals surface area contributed by atoms with Crippen molar-refractivity contribution in [3.63, 3.8) is 0 Å². The molecule has 0 saturated heterocycles. The summed E-state index contributed by atoms with van der Waals surface area (Å²) in [4.78, 5) is 37.8. The molecule has 0 aliphatic heterocycles. The maximum atomic E-state index is 12.7. The molecule has 6 heteroatoms. The first-order valence-electron chi connectivity index (χ1n) is 24.7. The topological polar surface area (TPSA) is 78.9 Å². The van der Waals surface area contributed by atoms with Gasteiger partial charge in [-0.15, -0.1) is 0 Å². The number of unbranched alkanes of at least 4 members (excludes halogenated alkanes) is 29. The first-order chi connectivity index (χ1) is 27.2. The van der Waals surface area contributed by atoms with Gasteiger partial charge in [0.05, 0.1) is 0 Å². The molecular weight excluding hydrogens is 697 g/mol. The van der Waals surface area contributed by atoms with Gasteiger partial charge in [-0.3, -0.25) is 14.4 Å². The molecule has 0 N–H and O–H groups in total. The van der Waals surface area contributed by atoms with Gasteiger partial charge in [0.25, 0.3) is 0 Å². The van der Waals surface area contributed by atoms with Gasteiger partial charge in [-0.25, -0.2) is 0 Å². The quantitative estimate of drug-likeness (QED) is 0.0347. The van der Waals surface area contributed by atoms with E-state index in [2.05, 4.69) is 34.6 Å². The summed E-state index contributed by atoms with van der Waals surface area (Å²) in [6.07, 6.45) is 42.4. The fourth-order valence-electron chi connectivity index (χ4n) is 7.46. The number of carbonyl (C=O) groups is 3. The predicted octanol–water partition coefficient (Wildman–Crippen LogP) is 15.8. The molecule has 6 nitrogen and oxygen atoms in total. The van der Waals surface area contributed by atoms with E-state index in [1.165, 1.54) is 161 Å². The Kier molecular flexibility index (Phi) is 41.8. The molecule has 0 saturated carbocycles. The molecule has 0 spiro atoms. The van der Waals surface area contributed by atoms with Crippen molar-refractivity contribution >= 4 is 17.9 Å². The summed E-state index contributed by atoms with van der Waals surface area (Å²) in [5, 5.41) is 0. The highest BCUT2D eigenvalue weighted by Crippen LogP contribution is 2.17. The first-order valence-corrected chi connectivity index (χ1v) is 24.7. The molecule has 0 radical (unpaired) electrons. The lowest BCUT2D eigenvalue weighted by molar-refractivity contribution is -0.167. The Morgan fingerprint density at radius 2 is 0.589 bits per heavy atom. The molecule has 0 unspecified atom stereocenters. The molecule has 0 aliphatic carbocycles. The number of esters is 3. The van der Waals surface area contributed by atoms with Crippen LogP contribution in [0.1, 0.15) is 272 Å². The summed E-state index contributed by atoms with van der Waals surface area (Å²) in [6.45, 7) is 11.3. The number of carbonyl (C=O) groups excluding carboxylic acids is 3. The van der Waals surface area contributed by atoms with Gasteiger partial charge >= 0.3 is 17.9 Å². The Hall–Kier alpha value is -1.59. The third kappa shape index (κ3) is 43.5. The lowest BCUT2D eigenvalue weighted by atomic mass is 10.0. The van der Waals surface area contributed by atoms with Crippen LogP contribution in [-0.4, -0.2) is 37.2 Å². The molecule has 56 heavy (non-hydrogen) atoms. The number of ether oxygens (including phenoxy) is 3. The van der Waals surface area contributed by atoms with Gasteiger partial charge in [-0.2, -0.15) is 0 Å². The van der Waals surface area contributed by atoms with E-state index in [0.29, 0.717) is 19.3 Å². The Morgan fingerprint density at radius 1 is 0.339 bits per heavy atom. The SMILES string of the molecule is CCCCCCCCCCCC(=O)OC[C@H](COC(=O)CCCCCCCCCCCCCCCCCC(C)C)OC(=O)CCCCCCCCCCC(C)C. The molecule has 0 aromatic carbocycles. The van der Waals surface area contributed by atoms with Gasteiger partial charge < -0.3 is 14.2 Å². The molecule has 0 fully saturated rings. The van der Waals surface area contributed by atoms with Crippen molar-refractivity contribution < 1.29 is 28.6 Å². The Labute approximate surface area is 348 Å². The van der Waals surface area contributed by atoms with Crippen LogP contribution in [0.4, 0.5) is 0 Å². The normalized spacial score (nSPS) is 12.1. The third-order valence-electron chi connectivity index (χ3n) is 11.2. The van der Waals surface area contributed by atoms with Gasteiger partial charge in [0.2, 0.25) is 0 Å². The summed E-state index contributed by atoms with van der Waals surface area (Å²) >= 11 is 0. The van der Waals surface area contributed by atoms with Gasteiger partial charge in [0.15, 0.2) is 6.10 Å². The van der Waals surface area contributed by atoms with Crippen molar-refractivity contribution in [3.8, 4) is 0 Å². The predicted molar refractivity (Wildman–Crippen MR) is 238 cm³/mol. The fraction of sp³-hybridized carbons (Fsp3) is 0.940. The second kappa shape index (κ2) is 43.0. The van der Waals surface area contributed by atoms with Gasteiger partial charge in [-0.1, -0.05) is 234 Å². The molecule has 332 valence electrons. The zero-order valence-electron chi connectivity index (χ0n) is 38.3. The van der Waals surface area contributed by atoms with Crippen molar-refractivity contribution in [2.24, 2.45) is 11.8 Å². The third-order valence-corrected chi connectivity index (χ3v) is 11.2. The summed E-state index contributed by atoms with van der Waals surface area (Å²) < 4.78 is 16.7. The number of rotatable bonds is 44. The number of hydrogen-bond acceptors (Lipinski definition) is 6. The minimum absolute atomic E-state index is 0.0645. The van der Waals surface area contributed by atoms with Gasteiger partial charge in [-0.05, 0) is 31.1 Å². The molecule has 0 bridgehead atoms. The fourth-order valence-corrected chi connectivity index (χ4v) is 7.46. The van der Waals surface area contributed by atoms with Crippen molar-refractivity contribution in [3.05, 3.63) is 0 Å². The first kappa shape index (κ1) is 54.4. The molecule has 0 aliphatic rings. The van der Waals surface area contributed by atoms with E-state index in [9.17, 15) is 14.4 Å². The van der Waals surface area contributed by atoms with E-state index < -0.39 is 6.10 Å². The maximum Gasteiger partial charge on any atom is 0.306 e.